The molecule has 1 N–H and O–H groups in total. The van der Waals surface area contributed by atoms with Crippen molar-refractivity contribution in [2.24, 2.45) is 0 Å². The lowest BCUT2D eigenvalue weighted by Crippen LogP contribution is -2.30. The van der Waals surface area contributed by atoms with Crippen LogP contribution in [0.3, 0.4) is 0 Å². The summed E-state index contributed by atoms with van der Waals surface area (Å²) in [7, 11) is 0. The quantitative estimate of drug-likeness (QED) is 0.336. The molecule has 9 heteroatoms. The summed E-state index contributed by atoms with van der Waals surface area (Å²) in [5.74, 6) is 0.354. The third-order valence-electron chi connectivity index (χ3n) is 9.18. The minimum Gasteiger partial charge on any atom is -0.446 e. The van der Waals surface area contributed by atoms with E-state index in [9.17, 15) is 19.4 Å². The summed E-state index contributed by atoms with van der Waals surface area (Å²) in [6.07, 6.45) is 0. The molecule has 2 aliphatic rings. The van der Waals surface area contributed by atoms with Crippen molar-refractivity contribution < 1.29 is 28.7 Å². The molecule has 0 radical (unpaired) electrons. The average Bonchev–Trinajstić information content (AvgIpc) is 3.50. The molecule has 3 aromatic rings. The number of fused-ring (bicyclic) bond motifs is 2. The second-order valence-electron chi connectivity index (χ2n) is 12.2. The van der Waals surface area contributed by atoms with E-state index in [0.29, 0.717) is 13.2 Å². The standard InChI is InChI=1S/C13H17BO2.C11H13BO2.C11H15BO2/c1-7-8(2)12(10(4)15)9(3)13-11(7)6-16-14(13)5;1-7-4-11-9(6-14-12(11)3)5-10(7)8(2)13;1-7-8(2)11(12(4)14)6-5-10(7)9(3)13/h6H2,1-5H3;4-5H,6H2,1-3H3;5-6,14H,1-4H3. The largest absolute Gasteiger partial charge is 0.446 e. The van der Waals surface area contributed by atoms with Gasteiger partial charge in [-0.05, 0) is 124 Å². The van der Waals surface area contributed by atoms with Crippen molar-refractivity contribution in [2.45, 2.75) is 96.0 Å². The summed E-state index contributed by atoms with van der Waals surface area (Å²) in [4.78, 5) is 34.2. The first kappa shape index (κ1) is 35.2. The van der Waals surface area contributed by atoms with Gasteiger partial charge in [-0.25, -0.2) is 0 Å². The highest BCUT2D eigenvalue weighted by Crippen LogP contribution is 2.26. The molecule has 3 aromatic carbocycles. The van der Waals surface area contributed by atoms with Crippen LogP contribution in [0, 0.1) is 41.5 Å². The lowest BCUT2D eigenvalue weighted by atomic mass is 9.61. The Bertz CT molecular complexity index is 1630. The zero-order chi connectivity index (χ0) is 33.2. The van der Waals surface area contributed by atoms with Gasteiger partial charge in [-0.1, -0.05) is 44.2 Å². The predicted octanol–water partition coefficient (Wildman–Crippen LogP) is 5.06. The monoisotopic (exact) mass is 594 g/mol. The molecule has 0 bridgehead atoms. The number of ketones is 3. The number of benzene rings is 3. The molecule has 0 aliphatic carbocycles. The van der Waals surface area contributed by atoms with Gasteiger partial charge in [0.2, 0.25) is 0 Å². The van der Waals surface area contributed by atoms with E-state index in [2.05, 4.69) is 19.8 Å². The fraction of sp³-hybridized carbons (Fsp3) is 0.400. The maximum Gasteiger partial charge on any atom is 0.324 e. The average molecular weight is 594 g/mol. The Balaban J connectivity index is 0.000000181. The van der Waals surface area contributed by atoms with E-state index in [1.54, 1.807) is 33.7 Å². The molecule has 2 heterocycles. The Labute approximate surface area is 264 Å². The van der Waals surface area contributed by atoms with Gasteiger partial charge in [-0.15, -0.1) is 0 Å². The molecule has 0 amide bonds. The number of rotatable bonds is 4. The number of aryl methyl sites for hydroxylation is 1. The number of hydrogen-bond donors (Lipinski definition) is 1. The zero-order valence-electron chi connectivity index (χ0n) is 28.4. The number of Topliss-reactive ketones (excluding diaryl/α,β-unsaturated/α-hetero) is 3. The molecule has 0 unspecified atom stereocenters. The lowest BCUT2D eigenvalue weighted by molar-refractivity contribution is 0.100. The summed E-state index contributed by atoms with van der Waals surface area (Å²) < 4.78 is 11.2. The molecule has 2 aliphatic heterocycles. The Morgan fingerprint density at radius 2 is 1.32 bits per heavy atom. The van der Waals surface area contributed by atoms with Gasteiger partial charge in [-0.3, -0.25) is 14.4 Å². The number of carbonyl (C=O) groups excluding carboxylic acids is 3. The van der Waals surface area contributed by atoms with Crippen LogP contribution < -0.4 is 16.4 Å². The molecule has 5 rings (SSSR count). The van der Waals surface area contributed by atoms with Crippen LogP contribution in [-0.4, -0.2) is 43.1 Å². The highest BCUT2D eigenvalue weighted by Gasteiger charge is 2.30. The van der Waals surface area contributed by atoms with Crippen molar-refractivity contribution in [3.8, 4) is 0 Å². The van der Waals surface area contributed by atoms with Crippen LogP contribution in [0.1, 0.15) is 96.4 Å². The van der Waals surface area contributed by atoms with E-state index in [4.69, 9.17) is 9.31 Å². The van der Waals surface area contributed by atoms with Crippen LogP contribution in [-0.2, 0) is 22.5 Å². The molecule has 0 saturated carbocycles. The van der Waals surface area contributed by atoms with Crippen molar-refractivity contribution >= 4 is 54.5 Å². The van der Waals surface area contributed by atoms with Crippen LogP contribution >= 0.6 is 0 Å². The highest BCUT2D eigenvalue weighted by atomic mass is 16.4. The van der Waals surface area contributed by atoms with Crippen LogP contribution in [0.25, 0.3) is 0 Å². The Morgan fingerprint density at radius 1 is 0.727 bits per heavy atom. The van der Waals surface area contributed by atoms with Gasteiger partial charge in [0.15, 0.2) is 17.3 Å². The fourth-order valence-electron chi connectivity index (χ4n) is 6.45. The van der Waals surface area contributed by atoms with Crippen molar-refractivity contribution in [2.75, 3.05) is 0 Å². The Morgan fingerprint density at radius 3 is 1.86 bits per heavy atom. The Hall–Kier alpha value is -3.26. The Kier molecular flexibility index (Phi) is 11.4. The molecule has 0 fully saturated rings. The molecule has 230 valence electrons. The molecule has 44 heavy (non-hydrogen) atoms. The van der Waals surface area contributed by atoms with Crippen molar-refractivity contribution in [3.63, 3.8) is 0 Å². The summed E-state index contributed by atoms with van der Waals surface area (Å²) in [6, 6.07) is 7.65. The van der Waals surface area contributed by atoms with Crippen molar-refractivity contribution in [1.29, 1.82) is 0 Å². The topological polar surface area (TPSA) is 89.9 Å². The first-order valence-electron chi connectivity index (χ1n) is 15.3. The minimum absolute atomic E-state index is 0.0720. The van der Waals surface area contributed by atoms with E-state index >= 15 is 0 Å². The van der Waals surface area contributed by atoms with Crippen LogP contribution in [0.15, 0.2) is 24.3 Å². The molecule has 0 saturated heterocycles. The van der Waals surface area contributed by atoms with Gasteiger partial charge in [0.25, 0.3) is 0 Å². The van der Waals surface area contributed by atoms with Gasteiger partial charge in [0.05, 0.1) is 13.2 Å². The fourth-order valence-corrected chi connectivity index (χ4v) is 6.45. The van der Waals surface area contributed by atoms with Crippen LogP contribution in [0.4, 0.5) is 0 Å². The van der Waals surface area contributed by atoms with Gasteiger partial charge in [0.1, 0.15) is 0 Å². The van der Waals surface area contributed by atoms with E-state index in [1.807, 2.05) is 53.6 Å². The second kappa shape index (κ2) is 14.2. The maximum absolute atomic E-state index is 11.7. The third-order valence-corrected chi connectivity index (χ3v) is 9.18. The molecule has 0 spiro atoms. The van der Waals surface area contributed by atoms with Gasteiger partial charge in [-0.2, -0.15) is 0 Å². The van der Waals surface area contributed by atoms with E-state index < -0.39 is 6.92 Å². The summed E-state index contributed by atoms with van der Waals surface area (Å²) >= 11 is 0. The van der Waals surface area contributed by atoms with Gasteiger partial charge >= 0.3 is 20.7 Å². The lowest BCUT2D eigenvalue weighted by Gasteiger charge is -2.16. The second-order valence-corrected chi connectivity index (χ2v) is 12.2. The summed E-state index contributed by atoms with van der Waals surface area (Å²) in [5.41, 5.74) is 14.7. The highest BCUT2D eigenvalue weighted by molar-refractivity contribution is 6.68. The number of hydrogen-bond acceptors (Lipinski definition) is 6. The van der Waals surface area contributed by atoms with E-state index in [-0.39, 0.29) is 31.2 Å². The van der Waals surface area contributed by atoms with Gasteiger partial charge < -0.3 is 14.3 Å². The summed E-state index contributed by atoms with van der Waals surface area (Å²) in [6.45, 7) is 23.7. The molecule has 6 nitrogen and oxygen atoms in total. The molecular formula is C35H45B3O6. The normalized spacial score (nSPS) is 12.9. The van der Waals surface area contributed by atoms with Crippen LogP contribution in [0.2, 0.25) is 20.5 Å². The van der Waals surface area contributed by atoms with Crippen molar-refractivity contribution in [1.82, 2.24) is 0 Å². The molecule has 0 aromatic heterocycles. The summed E-state index contributed by atoms with van der Waals surface area (Å²) in [5, 5.41) is 9.47. The maximum atomic E-state index is 11.7. The van der Waals surface area contributed by atoms with Gasteiger partial charge in [0, 0.05) is 16.7 Å². The number of carbonyl (C=O) groups is 3. The first-order valence-corrected chi connectivity index (χ1v) is 15.3. The van der Waals surface area contributed by atoms with Crippen LogP contribution in [0.5, 0.6) is 0 Å². The van der Waals surface area contributed by atoms with E-state index in [0.717, 1.165) is 55.5 Å². The first-order chi connectivity index (χ1) is 20.5. The smallest absolute Gasteiger partial charge is 0.324 e. The minimum atomic E-state index is -0.477. The molecule has 0 atom stereocenters. The SMILES string of the molecule is CB(O)c1ccc(C(C)=O)c(C)c1C.CB1OCc2c(C)c(C)c(C(C)=O)c(C)c21.CB1OCc2cc(C(C)=O)c(C)cc21. The predicted molar refractivity (Wildman–Crippen MR) is 183 cm³/mol. The third kappa shape index (κ3) is 7.17. The van der Waals surface area contributed by atoms with E-state index in [1.165, 1.54) is 22.1 Å². The van der Waals surface area contributed by atoms with Crippen molar-refractivity contribution in [3.05, 3.63) is 85.5 Å². The zero-order valence-corrected chi connectivity index (χ0v) is 28.4. The molecular weight excluding hydrogens is 549 g/mol.